The molecule has 3 heterocycles. The predicted octanol–water partition coefficient (Wildman–Crippen LogP) is 7.58. The van der Waals surface area contributed by atoms with Gasteiger partial charge in [0.15, 0.2) is 5.84 Å². The topological polar surface area (TPSA) is 204 Å². The molecule has 0 aliphatic carbocycles. The number of amides is 1. The molecule has 16 heteroatoms. The van der Waals surface area contributed by atoms with Crippen molar-refractivity contribution in [3.63, 3.8) is 0 Å². The molecule has 0 saturated carbocycles. The van der Waals surface area contributed by atoms with Gasteiger partial charge in [-0.1, -0.05) is 32.9 Å². The first kappa shape index (κ1) is 45.0. The summed E-state index contributed by atoms with van der Waals surface area (Å²) in [6, 6.07) is 18.1. The van der Waals surface area contributed by atoms with Crippen LogP contribution in [0.15, 0.2) is 65.8 Å². The molecule has 326 valence electrons. The summed E-state index contributed by atoms with van der Waals surface area (Å²) in [5, 5.41) is 6.63. The van der Waals surface area contributed by atoms with Gasteiger partial charge in [-0.25, -0.2) is 22.9 Å². The minimum Gasteiger partial charge on any atom is -0.497 e. The third kappa shape index (κ3) is 9.97. The van der Waals surface area contributed by atoms with E-state index < -0.39 is 21.9 Å². The SMILES string of the molecule is COc1ccc2nc(C(=O)OCCC(C)c3cc(C)nc4c(C(N)=NOCC(C)c5cc(C)nc6c(C(=O)NS(C)(=O)=O)cc(OC)cc56)cc(OC)cc34)cc(C(C)C)c2c1. The molecule has 2 atom stereocenters. The van der Waals surface area contributed by atoms with Crippen LogP contribution in [0.3, 0.4) is 0 Å². The van der Waals surface area contributed by atoms with Crippen LogP contribution in [-0.2, 0) is 19.6 Å². The van der Waals surface area contributed by atoms with E-state index in [1.807, 2.05) is 55.0 Å². The average molecular weight is 865 g/mol. The average Bonchev–Trinajstić information content (AvgIpc) is 3.23. The van der Waals surface area contributed by atoms with Crippen LogP contribution in [0.1, 0.15) is 106 Å². The van der Waals surface area contributed by atoms with Gasteiger partial charge >= 0.3 is 5.97 Å². The number of nitrogens with zero attached hydrogens (tertiary/aromatic N) is 4. The number of oxime groups is 1. The van der Waals surface area contributed by atoms with E-state index in [0.717, 1.165) is 45.2 Å². The Bertz CT molecular complexity index is 2850. The Morgan fingerprint density at radius 2 is 1.29 bits per heavy atom. The molecule has 2 unspecified atom stereocenters. The number of rotatable bonds is 16. The number of ether oxygens (including phenoxy) is 4. The van der Waals surface area contributed by atoms with Gasteiger partial charge < -0.3 is 29.5 Å². The summed E-state index contributed by atoms with van der Waals surface area (Å²) in [6.07, 6.45) is 1.42. The molecule has 0 bridgehead atoms. The number of hydrogen-bond acceptors (Lipinski definition) is 13. The molecular weight excluding hydrogens is 813 g/mol. The van der Waals surface area contributed by atoms with E-state index in [4.69, 9.17) is 34.5 Å². The second-order valence-electron chi connectivity index (χ2n) is 15.7. The van der Waals surface area contributed by atoms with Crippen molar-refractivity contribution in [1.29, 1.82) is 0 Å². The third-order valence-corrected chi connectivity index (χ3v) is 11.1. The maximum Gasteiger partial charge on any atom is 0.356 e. The number of fused-ring (bicyclic) bond motifs is 3. The highest BCUT2D eigenvalue weighted by Crippen LogP contribution is 2.35. The van der Waals surface area contributed by atoms with Crippen molar-refractivity contribution < 1.29 is 41.8 Å². The number of nitrogens with one attached hydrogen (secondary N) is 1. The summed E-state index contributed by atoms with van der Waals surface area (Å²) in [5.74, 6) is 0.136. The van der Waals surface area contributed by atoms with Crippen LogP contribution in [0.5, 0.6) is 17.2 Å². The molecule has 1 amide bonds. The standard InChI is InChI=1S/C46H52N6O9S/c1-24(2)32-22-41(50-40-12-11-29(57-7)17-35(32)40)46(54)60-14-13-25(3)33-15-27(5)48-42-36(33)18-30(58-8)20-38(42)44(47)51-61-23-26(4)34-16-28(6)49-43-37(34)19-31(59-9)21-39(43)45(53)52-62(10,55)56/h11-12,15-22,24-26H,13-14,23H2,1-10H3,(H2,47,51)(H,52,53). The van der Waals surface area contributed by atoms with Crippen LogP contribution in [0.2, 0.25) is 0 Å². The molecule has 6 rings (SSSR count). The fourth-order valence-electron chi connectivity index (χ4n) is 7.42. The van der Waals surface area contributed by atoms with E-state index in [1.165, 1.54) is 13.2 Å². The third-order valence-electron chi connectivity index (χ3n) is 10.6. The fraction of sp³-hybridized carbons (Fsp3) is 0.348. The van der Waals surface area contributed by atoms with E-state index >= 15 is 0 Å². The number of amidine groups is 1. The first-order valence-electron chi connectivity index (χ1n) is 20.0. The minimum absolute atomic E-state index is 0.0490. The second-order valence-corrected chi connectivity index (χ2v) is 17.4. The number of methoxy groups -OCH3 is 3. The highest BCUT2D eigenvalue weighted by molar-refractivity contribution is 7.89. The molecule has 0 aliphatic heterocycles. The molecule has 3 N–H and O–H groups in total. The smallest absolute Gasteiger partial charge is 0.356 e. The van der Waals surface area contributed by atoms with Gasteiger partial charge in [0.05, 0.1) is 61.9 Å². The summed E-state index contributed by atoms with van der Waals surface area (Å²) >= 11 is 0. The van der Waals surface area contributed by atoms with E-state index in [-0.39, 0.29) is 48.1 Å². The molecule has 3 aromatic heterocycles. The van der Waals surface area contributed by atoms with Crippen molar-refractivity contribution in [2.45, 2.75) is 65.7 Å². The Morgan fingerprint density at radius 1 is 0.726 bits per heavy atom. The number of aryl methyl sites for hydroxylation is 2. The largest absolute Gasteiger partial charge is 0.497 e. The number of benzene rings is 3. The summed E-state index contributed by atoms with van der Waals surface area (Å²) in [4.78, 5) is 46.3. The Kier molecular flexibility index (Phi) is 13.5. The Hall–Kier alpha value is -6.55. The van der Waals surface area contributed by atoms with Gasteiger partial charge in [0.25, 0.3) is 5.91 Å². The highest BCUT2D eigenvalue weighted by atomic mass is 32.2. The lowest BCUT2D eigenvalue weighted by atomic mass is 9.92. The van der Waals surface area contributed by atoms with Crippen molar-refractivity contribution in [3.8, 4) is 17.2 Å². The number of sulfonamides is 1. The lowest BCUT2D eigenvalue weighted by molar-refractivity contribution is 0.0488. The number of pyridine rings is 3. The van der Waals surface area contributed by atoms with E-state index in [1.54, 1.807) is 39.3 Å². The van der Waals surface area contributed by atoms with Crippen molar-refractivity contribution in [2.75, 3.05) is 40.8 Å². The molecule has 3 aromatic carbocycles. The number of carbonyl (C=O) groups is 2. The maximum atomic E-state index is 13.3. The lowest BCUT2D eigenvalue weighted by Crippen LogP contribution is -2.29. The first-order valence-corrected chi connectivity index (χ1v) is 21.9. The summed E-state index contributed by atoms with van der Waals surface area (Å²) < 4.78 is 48.2. The van der Waals surface area contributed by atoms with E-state index in [9.17, 15) is 18.0 Å². The Morgan fingerprint density at radius 3 is 1.87 bits per heavy atom. The van der Waals surface area contributed by atoms with Gasteiger partial charge in [0.2, 0.25) is 10.0 Å². The lowest BCUT2D eigenvalue weighted by Gasteiger charge is -2.18. The molecule has 0 radical (unpaired) electrons. The molecule has 0 saturated heterocycles. The molecule has 6 aromatic rings. The Labute approximate surface area is 361 Å². The highest BCUT2D eigenvalue weighted by Gasteiger charge is 2.23. The van der Waals surface area contributed by atoms with Crippen molar-refractivity contribution in [3.05, 3.63) is 106 Å². The normalized spacial score (nSPS) is 13.0. The van der Waals surface area contributed by atoms with Crippen LogP contribution in [0.4, 0.5) is 0 Å². The summed E-state index contributed by atoms with van der Waals surface area (Å²) in [6.45, 7) is 12.0. The van der Waals surface area contributed by atoms with Gasteiger partial charge in [-0.2, -0.15) is 0 Å². The van der Waals surface area contributed by atoms with E-state index in [0.29, 0.717) is 51.1 Å². The number of aromatic nitrogens is 3. The molecule has 0 spiro atoms. The molecule has 0 fully saturated rings. The molecular formula is C46H52N6O9S. The number of esters is 1. The molecule has 62 heavy (non-hydrogen) atoms. The summed E-state index contributed by atoms with van der Waals surface area (Å²) in [5.41, 5.74) is 13.1. The summed E-state index contributed by atoms with van der Waals surface area (Å²) in [7, 11) is 0.796. The number of hydrogen-bond donors (Lipinski definition) is 2. The van der Waals surface area contributed by atoms with Crippen molar-refractivity contribution in [1.82, 2.24) is 19.7 Å². The van der Waals surface area contributed by atoms with Crippen LogP contribution < -0.4 is 24.7 Å². The number of carbonyl (C=O) groups excluding carboxylic acids is 2. The van der Waals surface area contributed by atoms with Crippen molar-refractivity contribution in [2.24, 2.45) is 10.9 Å². The van der Waals surface area contributed by atoms with Gasteiger partial charge in [0, 0.05) is 33.5 Å². The van der Waals surface area contributed by atoms with Crippen LogP contribution >= 0.6 is 0 Å². The predicted molar refractivity (Wildman–Crippen MR) is 239 cm³/mol. The van der Waals surface area contributed by atoms with E-state index in [2.05, 4.69) is 35.9 Å². The zero-order valence-electron chi connectivity index (χ0n) is 36.6. The fourth-order valence-corrected chi connectivity index (χ4v) is 7.86. The van der Waals surface area contributed by atoms with Gasteiger partial charge in [-0.15, -0.1) is 0 Å². The zero-order valence-corrected chi connectivity index (χ0v) is 37.4. The van der Waals surface area contributed by atoms with Crippen LogP contribution in [0, 0.1) is 13.8 Å². The second kappa shape index (κ2) is 18.6. The van der Waals surface area contributed by atoms with Gasteiger partial charge in [0.1, 0.15) is 29.5 Å². The van der Waals surface area contributed by atoms with Gasteiger partial charge in [-0.05, 0) is 109 Å². The molecule has 15 nitrogen and oxygen atoms in total. The monoisotopic (exact) mass is 864 g/mol. The minimum atomic E-state index is -3.84. The Balaban J connectivity index is 1.22. The van der Waals surface area contributed by atoms with Crippen molar-refractivity contribution >= 4 is 60.4 Å². The maximum absolute atomic E-state index is 13.3. The number of nitrogens with two attached hydrogens (primary N) is 1. The van der Waals surface area contributed by atoms with Gasteiger partial charge in [-0.3, -0.25) is 14.8 Å². The zero-order chi connectivity index (χ0) is 45.0. The molecule has 0 aliphatic rings. The van der Waals surface area contributed by atoms with Crippen LogP contribution in [-0.4, -0.2) is 81.9 Å². The quantitative estimate of drug-likeness (QED) is 0.0418. The van der Waals surface area contributed by atoms with Crippen LogP contribution in [0.25, 0.3) is 32.7 Å². The first-order chi connectivity index (χ1) is 29.4.